The van der Waals surface area contributed by atoms with Gasteiger partial charge in [0.2, 0.25) is 0 Å². The van der Waals surface area contributed by atoms with E-state index in [1.807, 2.05) is 6.07 Å². The van der Waals surface area contributed by atoms with Crippen molar-refractivity contribution < 1.29 is 8.87 Å². The number of pyridine rings is 1. The van der Waals surface area contributed by atoms with E-state index in [1.54, 1.807) is 36.7 Å². The molecule has 0 amide bonds. The standard InChI is InChI=1S/C18H14F2N4/c19-16-3-1-2-13(8-16)12-23-18-10-14(11-21)9-17(24(18)20)15-4-6-22-7-5-15/h1-10,18,23H,12H2. The van der Waals surface area contributed by atoms with Crippen LogP contribution >= 0.6 is 0 Å². The molecule has 1 aromatic heterocycles. The Morgan fingerprint density at radius 2 is 2.04 bits per heavy atom. The zero-order valence-electron chi connectivity index (χ0n) is 12.7. The lowest BCUT2D eigenvalue weighted by Crippen LogP contribution is -2.40. The van der Waals surface area contributed by atoms with Crippen molar-refractivity contribution in [3.8, 4) is 6.07 Å². The number of benzene rings is 1. The molecule has 0 spiro atoms. The van der Waals surface area contributed by atoms with Gasteiger partial charge in [-0.05, 0) is 42.0 Å². The number of hydrogen-bond acceptors (Lipinski definition) is 4. The Hall–Kier alpha value is -3.04. The minimum absolute atomic E-state index is 0.266. The number of aromatic nitrogens is 1. The molecule has 0 saturated heterocycles. The Kier molecular flexibility index (Phi) is 4.64. The Bertz CT molecular complexity index is 824. The molecule has 1 aliphatic heterocycles. The second kappa shape index (κ2) is 7.02. The summed E-state index contributed by atoms with van der Waals surface area (Å²) in [5, 5.41) is 12.7. The fraction of sp³-hybridized carbons (Fsp3) is 0.111. The summed E-state index contributed by atoms with van der Waals surface area (Å²) in [6.07, 6.45) is 5.27. The SMILES string of the molecule is N#CC1=CC(NCc2cccc(F)c2)N(F)C(c2ccncc2)=C1. The first kappa shape index (κ1) is 15.8. The van der Waals surface area contributed by atoms with Crippen LogP contribution in [0.1, 0.15) is 11.1 Å². The number of nitriles is 1. The second-order valence-corrected chi connectivity index (χ2v) is 5.27. The van der Waals surface area contributed by atoms with Gasteiger partial charge in [-0.2, -0.15) is 10.4 Å². The Labute approximate surface area is 138 Å². The van der Waals surface area contributed by atoms with Crippen LogP contribution < -0.4 is 5.32 Å². The minimum atomic E-state index is -0.823. The summed E-state index contributed by atoms with van der Waals surface area (Å²) in [7, 11) is 0. The zero-order chi connectivity index (χ0) is 16.9. The number of rotatable bonds is 4. The van der Waals surface area contributed by atoms with Crippen molar-refractivity contribution in [2.45, 2.75) is 12.7 Å². The highest BCUT2D eigenvalue weighted by Gasteiger charge is 2.24. The van der Waals surface area contributed by atoms with Gasteiger partial charge in [0.15, 0.2) is 0 Å². The average Bonchev–Trinajstić information content (AvgIpc) is 2.61. The molecule has 0 aliphatic carbocycles. The van der Waals surface area contributed by atoms with Crippen LogP contribution in [-0.4, -0.2) is 16.3 Å². The Morgan fingerprint density at radius 1 is 1.25 bits per heavy atom. The molecule has 1 aliphatic rings. The first-order chi connectivity index (χ1) is 11.7. The van der Waals surface area contributed by atoms with Crippen molar-refractivity contribution in [1.82, 2.24) is 15.4 Å². The van der Waals surface area contributed by atoms with Crippen LogP contribution in [0.25, 0.3) is 5.70 Å². The van der Waals surface area contributed by atoms with E-state index in [0.29, 0.717) is 21.8 Å². The van der Waals surface area contributed by atoms with Gasteiger partial charge in [0, 0.05) is 24.5 Å². The molecule has 1 N–H and O–H groups in total. The van der Waals surface area contributed by atoms with Gasteiger partial charge in [0.25, 0.3) is 0 Å². The Morgan fingerprint density at radius 3 is 2.75 bits per heavy atom. The molecule has 120 valence electrons. The van der Waals surface area contributed by atoms with Crippen molar-refractivity contribution in [2.75, 3.05) is 0 Å². The third-order valence-corrected chi connectivity index (χ3v) is 3.61. The lowest BCUT2D eigenvalue weighted by Gasteiger charge is -2.29. The summed E-state index contributed by atoms with van der Waals surface area (Å²) in [5.41, 5.74) is 1.93. The van der Waals surface area contributed by atoms with E-state index in [2.05, 4.69) is 10.3 Å². The smallest absolute Gasteiger partial charge is 0.132 e. The summed E-state index contributed by atoms with van der Waals surface area (Å²) in [5.74, 6) is -0.347. The average molecular weight is 324 g/mol. The van der Waals surface area contributed by atoms with E-state index < -0.39 is 6.17 Å². The van der Waals surface area contributed by atoms with Gasteiger partial charge in [-0.1, -0.05) is 16.6 Å². The van der Waals surface area contributed by atoms with E-state index in [9.17, 15) is 14.1 Å². The van der Waals surface area contributed by atoms with Gasteiger partial charge in [0.05, 0.1) is 17.3 Å². The lowest BCUT2D eigenvalue weighted by molar-refractivity contribution is 0.0543. The largest absolute Gasteiger partial charge is 0.288 e. The van der Waals surface area contributed by atoms with Crippen molar-refractivity contribution in [2.24, 2.45) is 0 Å². The molecule has 6 heteroatoms. The maximum absolute atomic E-state index is 14.7. The third kappa shape index (κ3) is 3.47. The first-order valence-corrected chi connectivity index (χ1v) is 7.34. The van der Waals surface area contributed by atoms with E-state index in [-0.39, 0.29) is 18.1 Å². The predicted octanol–water partition coefficient (Wildman–Crippen LogP) is 3.33. The Balaban J connectivity index is 1.80. The monoisotopic (exact) mass is 324 g/mol. The molecule has 1 atom stereocenters. The van der Waals surface area contributed by atoms with Crippen LogP contribution in [-0.2, 0) is 6.54 Å². The molecule has 2 aromatic rings. The molecule has 2 heterocycles. The molecule has 3 rings (SSSR count). The molecule has 0 saturated carbocycles. The van der Waals surface area contributed by atoms with Gasteiger partial charge in [-0.3, -0.25) is 10.3 Å². The van der Waals surface area contributed by atoms with Gasteiger partial charge < -0.3 is 0 Å². The lowest BCUT2D eigenvalue weighted by atomic mass is 10.1. The number of nitrogens with one attached hydrogen (secondary N) is 1. The fourth-order valence-corrected chi connectivity index (χ4v) is 2.45. The van der Waals surface area contributed by atoms with Crippen molar-refractivity contribution in [3.05, 3.63) is 83.5 Å². The van der Waals surface area contributed by atoms with Crippen molar-refractivity contribution >= 4 is 5.70 Å². The number of hydrogen-bond donors (Lipinski definition) is 1. The summed E-state index contributed by atoms with van der Waals surface area (Å²) >= 11 is 0. The molecular weight excluding hydrogens is 310 g/mol. The topological polar surface area (TPSA) is 52.0 Å². The van der Waals surface area contributed by atoms with E-state index >= 15 is 0 Å². The fourth-order valence-electron chi connectivity index (χ4n) is 2.45. The molecule has 1 unspecified atom stereocenters. The van der Waals surface area contributed by atoms with Gasteiger partial charge in [-0.25, -0.2) is 4.39 Å². The highest BCUT2D eigenvalue weighted by atomic mass is 19.2. The summed E-state index contributed by atoms with van der Waals surface area (Å²) in [4.78, 5) is 3.91. The van der Waals surface area contributed by atoms with Crippen LogP contribution in [0.4, 0.5) is 8.87 Å². The molecule has 24 heavy (non-hydrogen) atoms. The van der Waals surface area contributed by atoms with Crippen LogP contribution in [0, 0.1) is 17.1 Å². The van der Waals surface area contributed by atoms with Crippen LogP contribution in [0.15, 0.2) is 66.5 Å². The maximum Gasteiger partial charge on any atom is 0.132 e. The molecule has 4 nitrogen and oxygen atoms in total. The molecule has 1 aromatic carbocycles. The summed E-state index contributed by atoms with van der Waals surface area (Å²) in [6, 6.07) is 11.5. The van der Waals surface area contributed by atoms with Gasteiger partial charge in [-0.15, -0.1) is 0 Å². The number of halogens is 2. The summed E-state index contributed by atoms with van der Waals surface area (Å²) < 4.78 is 28.0. The molecular formula is C18H14F2N4. The van der Waals surface area contributed by atoms with Crippen LogP contribution in [0.2, 0.25) is 0 Å². The van der Waals surface area contributed by atoms with E-state index in [0.717, 1.165) is 0 Å². The second-order valence-electron chi connectivity index (χ2n) is 5.27. The number of allylic oxidation sites excluding steroid dienone is 2. The van der Waals surface area contributed by atoms with Crippen LogP contribution in [0.5, 0.6) is 0 Å². The minimum Gasteiger partial charge on any atom is -0.288 e. The van der Waals surface area contributed by atoms with Gasteiger partial charge in [0.1, 0.15) is 12.0 Å². The van der Waals surface area contributed by atoms with Crippen LogP contribution in [0.3, 0.4) is 0 Å². The quantitative estimate of drug-likeness (QED) is 0.877. The zero-order valence-corrected chi connectivity index (χ0v) is 12.7. The number of nitrogens with zero attached hydrogens (tertiary/aromatic N) is 3. The highest BCUT2D eigenvalue weighted by molar-refractivity contribution is 5.69. The van der Waals surface area contributed by atoms with Crippen molar-refractivity contribution in [3.63, 3.8) is 0 Å². The van der Waals surface area contributed by atoms with E-state index in [1.165, 1.54) is 24.3 Å². The predicted molar refractivity (Wildman–Crippen MR) is 85.9 cm³/mol. The highest BCUT2D eigenvalue weighted by Crippen LogP contribution is 2.27. The third-order valence-electron chi connectivity index (χ3n) is 3.61. The van der Waals surface area contributed by atoms with Crippen molar-refractivity contribution in [1.29, 1.82) is 5.26 Å². The van der Waals surface area contributed by atoms with Gasteiger partial charge >= 0.3 is 0 Å². The summed E-state index contributed by atoms with van der Waals surface area (Å²) in [6.45, 7) is 0.266. The first-order valence-electron chi connectivity index (χ1n) is 7.34. The molecule has 0 radical (unpaired) electrons. The molecule has 0 bridgehead atoms. The van der Waals surface area contributed by atoms with E-state index in [4.69, 9.17) is 0 Å². The molecule has 0 fully saturated rings. The normalized spacial score (nSPS) is 17.0. The maximum atomic E-state index is 14.7.